The summed E-state index contributed by atoms with van der Waals surface area (Å²) in [6.45, 7) is 4.14. The zero-order valence-corrected chi connectivity index (χ0v) is 13.9. The van der Waals surface area contributed by atoms with Crippen LogP contribution in [0.5, 0.6) is 5.75 Å². The number of halogens is 1. The summed E-state index contributed by atoms with van der Waals surface area (Å²) in [5, 5.41) is 1.38. The fraction of sp³-hybridized carbons (Fsp3) is 0.312. The van der Waals surface area contributed by atoms with Crippen LogP contribution in [0.15, 0.2) is 35.7 Å². The highest BCUT2D eigenvalue weighted by molar-refractivity contribution is 7.10. The number of thiophene rings is 1. The molecule has 21 heavy (non-hydrogen) atoms. The van der Waals surface area contributed by atoms with Gasteiger partial charge in [0.25, 0.3) is 0 Å². The highest BCUT2D eigenvalue weighted by atomic mass is 35.5. The van der Waals surface area contributed by atoms with E-state index >= 15 is 0 Å². The largest absolute Gasteiger partial charge is 0.496 e. The van der Waals surface area contributed by atoms with Crippen molar-refractivity contribution < 1.29 is 9.53 Å². The number of nitrogens with zero attached hydrogens (tertiary/aromatic N) is 1. The Morgan fingerprint density at radius 1 is 1.38 bits per heavy atom. The third-order valence-corrected chi connectivity index (χ3v) is 4.31. The zero-order valence-electron chi connectivity index (χ0n) is 12.3. The predicted molar refractivity (Wildman–Crippen MR) is 88.6 cm³/mol. The first-order valence-corrected chi connectivity index (χ1v) is 7.97. The van der Waals surface area contributed by atoms with Crippen molar-refractivity contribution >= 4 is 34.5 Å². The number of carbonyl (C=O) groups excluding carboxylic acids is 1. The standard InChI is InChI=1S/C16H18ClNO2S/c1-11-6-4-5-7-13(11)18(16(19)12(2)17)10-15-14(20-3)8-9-21-15/h4-9,12H,10H2,1-3H3. The number of carbonyl (C=O) groups is 1. The Hall–Kier alpha value is -1.52. The molecule has 112 valence electrons. The Bertz CT molecular complexity index is 624. The summed E-state index contributed by atoms with van der Waals surface area (Å²) in [7, 11) is 1.63. The van der Waals surface area contributed by atoms with Crippen LogP contribution in [0.3, 0.4) is 0 Å². The molecule has 1 unspecified atom stereocenters. The second kappa shape index (κ2) is 6.96. The molecule has 0 aliphatic rings. The smallest absolute Gasteiger partial charge is 0.245 e. The number of anilines is 1. The third-order valence-electron chi connectivity index (χ3n) is 3.24. The van der Waals surface area contributed by atoms with Gasteiger partial charge in [0.2, 0.25) is 5.91 Å². The molecule has 2 rings (SSSR count). The number of methoxy groups -OCH3 is 1. The Morgan fingerprint density at radius 2 is 2.10 bits per heavy atom. The third kappa shape index (κ3) is 3.57. The number of hydrogen-bond acceptors (Lipinski definition) is 3. The van der Waals surface area contributed by atoms with Gasteiger partial charge in [0.1, 0.15) is 11.1 Å². The molecule has 1 aromatic heterocycles. The van der Waals surface area contributed by atoms with Crippen molar-refractivity contribution in [3.8, 4) is 5.75 Å². The number of hydrogen-bond donors (Lipinski definition) is 0. The SMILES string of the molecule is COc1ccsc1CN(C(=O)C(C)Cl)c1ccccc1C. The number of aryl methyl sites for hydroxylation is 1. The lowest BCUT2D eigenvalue weighted by molar-refractivity contribution is -0.118. The Kier molecular flexibility index (Phi) is 5.26. The molecule has 3 nitrogen and oxygen atoms in total. The molecule has 0 saturated heterocycles. The molecule has 5 heteroatoms. The number of para-hydroxylation sites is 1. The molecule has 0 N–H and O–H groups in total. The summed E-state index contributed by atoms with van der Waals surface area (Å²) < 4.78 is 5.33. The lowest BCUT2D eigenvalue weighted by Crippen LogP contribution is -2.35. The van der Waals surface area contributed by atoms with E-state index in [4.69, 9.17) is 16.3 Å². The summed E-state index contributed by atoms with van der Waals surface area (Å²) in [6.07, 6.45) is 0. The van der Waals surface area contributed by atoms with E-state index in [2.05, 4.69) is 0 Å². The zero-order chi connectivity index (χ0) is 15.4. The number of ether oxygens (including phenoxy) is 1. The highest BCUT2D eigenvalue weighted by Gasteiger charge is 2.23. The maximum Gasteiger partial charge on any atom is 0.245 e. The summed E-state index contributed by atoms with van der Waals surface area (Å²) >= 11 is 7.59. The highest BCUT2D eigenvalue weighted by Crippen LogP contribution is 2.30. The van der Waals surface area contributed by atoms with Gasteiger partial charge in [-0.15, -0.1) is 22.9 Å². The van der Waals surface area contributed by atoms with Gasteiger partial charge in [-0.1, -0.05) is 18.2 Å². The van der Waals surface area contributed by atoms with Gasteiger partial charge >= 0.3 is 0 Å². The van der Waals surface area contributed by atoms with Gasteiger partial charge in [0.15, 0.2) is 0 Å². The quantitative estimate of drug-likeness (QED) is 0.771. The number of alkyl halides is 1. The Balaban J connectivity index is 2.38. The minimum Gasteiger partial charge on any atom is -0.496 e. The lowest BCUT2D eigenvalue weighted by Gasteiger charge is -2.25. The van der Waals surface area contributed by atoms with Crippen molar-refractivity contribution in [1.82, 2.24) is 0 Å². The first-order chi connectivity index (χ1) is 10.0. The molecule has 0 aliphatic heterocycles. The van der Waals surface area contributed by atoms with Crippen LogP contribution in [-0.2, 0) is 11.3 Å². The molecule has 0 radical (unpaired) electrons. The molecule has 1 atom stereocenters. The summed E-state index contributed by atoms with van der Waals surface area (Å²) in [5.74, 6) is 0.690. The summed E-state index contributed by atoms with van der Waals surface area (Å²) in [4.78, 5) is 15.2. The van der Waals surface area contributed by atoms with Gasteiger partial charge in [0.05, 0.1) is 18.5 Å². The molecule has 2 aromatic rings. The van der Waals surface area contributed by atoms with Crippen LogP contribution in [0.1, 0.15) is 17.4 Å². The molecule has 0 spiro atoms. The van der Waals surface area contributed by atoms with E-state index in [-0.39, 0.29) is 5.91 Å². The van der Waals surface area contributed by atoms with Crippen molar-refractivity contribution in [2.75, 3.05) is 12.0 Å². The van der Waals surface area contributed by atoms with Crippen LogP contribution in [-0.4, -0.2) is 18.4 Å². The molecular weight excluding hydrogens is 306 g/mol. The lowest BCUT2D eigenvalue weighted by atomic mass is 10.1. The van der Waals surface area contributed by atoms with E-state index in [9.17, 15) is 4.79 Å². The van der Waals surface area contributed by atoms with Crippen LogP contribution in [0.25, 0.3) is 0 Å². The van der Waals surface area contributed by atoms with E-state index in [1.165, 1.54) is 0 Å². The Labute approximate surface area is 134 Å². The van der Waals surface area contributed by atoms with Gasteiger partial charge < -0.3 is 9.64 Å². The molecule has 0 bridgehead atoms. The average molecular weight is 324 g/mol. The molecule has 1 aromatic carbocycles. The van der Waals surface area contributed by atoms with E-state index in [1.54, 1.807) is 30.3 Å². The van der Waals surface area contributed by atoms with Gasteiger partial charge in [-0.05, 0) is 36.9 Å². The van der Waals surface area contributed by atoms with Crippen LogP contribution in [0.2, 0.25) is 0 Å². The molecule has 1 amide bonds. The van der Waals surface area contributed by atoms with Crippen LogP contribution < -0.4 is 9.64 Å². The minimum absolute atomic E-state index is 0.110. The van der Waals surface area contributed by atoms with Gasteiger partial charge in [-0.25, -0.2) is 0 Å². The first kappa shape index (κ1) is 15.9. The topological polar surface area (TPSA) is 29.5 Å². The van der Waals surface area contributed by atoms with Crippen molar-refractivity contribution in [2.45, 2.75) is 25.8 Å². The van der Waals surface area contributed by atoms with Crippen molar-refractivity contribution in [3.63, 3.8) is 0 Å². The van der Waals surface area contributed by atoms with E-state index < -0.39 is 5.38 Å². The number of rotatable bonds is 5. The first-order valence-electron chi connectivity index (χ1n) is 6.66. The minimum atomic E-state index is -0.574. The van der Waals surface area contributed by atoms with Crippen molar-refractivity contribution in [1.29, 1.82) is 0 Å². The van der Waals surface area contributed by atoms with Crippen LogP contribution in [0, 0.1) is 6.92 Å². The average Bonchev–Trinajstić information content (AvgIpc) is 2.92. The number of benzene rings is 1. The van der Waals surface area contributed by atoms with E-state index in [0.29, 0.717) is 6.54 Å². The second-order valence-corrected chi connectivity index (χ2v) is 6.39. The molecular formula is C16H18ClNO2S. The number of amides is 1. The van der Waals surface area contributed by atoms with E-state index in [1.807, 2.05) is 42.6 Å². The normalized spacial score (nSPS) is 12.0. The predicted octanol–water partition coefficient (Wildman–Crippen LogP) is 4.23. The maximum atomic E-state index is 12.5. The fourth-order valence-corrected chi connectivity index (χ4v) is 3.08. The van der Waals surface area contributed by atoms with Gasteiger partial charge in [0, 0.05) is 5.69 Å². The van der Waals surface area contributed by atoms with Crippen LogP contribution in [0.4, 0.5) is 5.69 Å². The molecule has 0 aliphatic carbocycles. The van der Waals surface area contributed by atoms with Crippen molar-refractivity contribution in [2.24, 2.45) is 0 Å². The van der Waals surface area contributed by atoms with Gasteiger partial charge in [-0.3, -0.25) is 4.79 Å². The van der Waals surface area contributed by atoms with Crippen molar-refractivity contribution in [3.05, 3.63) is 46.2 Å². The van der Waals surface area contributed by atoms with Gasteiger partial charge in [-0.2, -0.15) is 0 Å². The summed E-state index contributed by atoms with van der Waals surface area (Å²) in [6, 6.07) is 9.71. The summed E-state index contributed by atoms with van der Waals surface area (Å²) in [5.41, 5.74) is 1.92. The van der Waals surface area contributed by atoms with E-state index in [0.717, 1.165) is 21.9 Å². The molecule has 1 heterocycles. The second-order valence-electron chi connectivity index (χ2n) is 4.74. The molecule has 0 saturated carbocycles. The van der Waals surface area contributed by atoms with Crippen LogP contribution >= 0.6 is 22.9 Å². The fourth-order valence-electron chi connectivity index (χ4n) is 2.13. The maximum absolute atomic E-state index is 12.5. The monoisotopic (exact) mass is 323 g/mol. The Morgan fingerprint density at radius 3 is 2.71 bits per heavy atom. The molecule has 0 fully saturated rings.